The van der Waals surface area contributed by atoms with Crippen LogP contribution in [0.1, 0.15) is 85.5 Å². The molecule has 0 amide bonds. The van der Waals surface area contributed by atoms with Crippen LogP contribution in [0.25, 0.3) is 0 Å². The van der Waals surface area contributed by atoms with Gasteiger partial charge in [0.1, 0.15) is 0 Å². The van der Waals surface area contributed by atoms with Gasteiger partial charge in [-0.3, -0.25) is 0 Å². The minimum Gasteiger partial charge on any atom is -1.00 e. The second kappa shape index (κ2) is 8.52. The number of hydrogen-bond donors (Lipinski definition) is 0. The third-order valence-electron chi connectivity index (χ3n) is 5.62. The Kier molecular flexibility index (Phi) is 8.80. The van der Waals surface area contributed by atoms with Crippen molar-refractivity contribution in [2.24, 2.45) is 10.8 Å². The molecular formula is C19H40IN. The van der Waals surface area contributed by atoms with Crippen molar-refractivity contribution >= 4 is 0 Å². The molecule has 1 unspecified atom stereocenters. The number of hydrogen-bond acceptors (Lipinski definition) is 0. The predicted molar refractivity (Wildman–Crippen MR) is 90.9 cm³/mol. The summed E-state index contributed by atoms with van der Waals surface area (Å²) in [6.07, 6.45) is 12.7. The van der Waals surface area contributed by atoms with Crippen LogP contribution in [-0.4, -0.2) is 31.7 Å². The van der Waals surface area contributed by atoms with Gasteiger partial charge in [-0.2, -0.15) is 0 Å². The van der Waals surface area contributed by atoms with E-state index in [0.717, 1.165) is 10.5 Å². The zero-order chi connectivity index (χ0) is 15.4. The molecule has 1 fully saturated rings. The van der Waals surface area contributed by atoms with Crippen molar-refractivity contribution in [1.82, 2.24) is 0 Å². The molecule has 1 aliphatic carbocycles. The molecule has 1 rings (SSSR count). The van der Waals surface area contributed by atoms with Crippen molar-refractivity contribution in [3.05, 3.63) is 0 Å². The van der Waals surface area contributed by atoms with E-state index in [1.54, 1.807) is 0 Å². The molecular weight excluding hydrogens is 369 g/mol. The van der Waals surface area contributed by atoms with Crippen molar-refractivity contribution in [3.63, 3.8) is 0 Å². The summed E-state index contributed by atoms with van der Waals surface area (Å²) in [6.45, 7) is 9.93. The maximum atomic E-state index is 2.49. The summed E-state index contributed by atoms with van der Waals surface area (Å²) < 4.78 is 1.14. The highest BCUT2D eigenvalue weighted by molar-refractivity contribution is 4.78. The molecule has 1 atom stereocenters. The fraction of sp³-hybridized carbons (Fsp3) is 1.00. The molecule has 0 aromatic heterocycles. The molecule has 0 aromatic carbocycles. The van der Waals surface area contributed by atoms with Crippen LogP contribution < -0.4 is 24.0 Å². The van der Waals surface area contributed by atoms with Crippen molar-refractivity contribution in [2.45, 2.75) is 91.5 Å². The first-order valence-corrected chi connectivity index (χ1v) is 8.83. The van der Waals surface area contributed by atoms with Crippen molar-refractivity contribution in [2.75, 3.05) is 21.1 Å². The molecule has 0 bridgehead atoms. The van der Waals surface area contributed by atoms with E-state index in [0.29, 0.717) is 10.8 Å². The summed E-state index contributed by atoms with van der Waals surface area (Å²) in [4.78, 5) is 0. The summed E-state index contributed by atoms with van der Waals surface area (Å²) in [5.74, 6) is 0. The van der Waals surface area contributed by atoms with Gasteiger partial charge in [0, 0.05) is 0 Å². The molecule has 0 radical (unpaired) electrons. The largest absolute Gasteiger partial charge is 1.00 e. The SMILES string of the molecule is CC1(C)CCCCCC([N+](C)(C)C)CCC(C)(C)CC1.[I-]. The topological polar surface area (TPSA) is 0 Å². The van der Waals surface area contributed by atoms with E-state index in [2.05, 4.69) is 48.8 Å². The van der Waals surface area contributed by atoms with Crippen molar-refractivity contribution in [1.29, 1.82) is 0 Å². The zero-order valence-corrected chi connectivity index (χ0v) is 17.9. The third kappa shape index (κ3) is 8.78. The van der Waals surface area contributed by atoms with E-state index in [9.17, 15) is 0 Å². The quantitative estimate of drug-likeness (QED) is 0.462. The average molecular weight is 409 g/mol. The fourth-order valence-corrected chi connectivity index (χ4v) is 3.56. The summed E-state index contributed by atoms with van der Waals surface area (Å²) >= 11 is 0. The summed E-state index contributed by atoms with van der Waals surface area (Å²) in [5.41, 5.74) is 1.07. The molecule has 1 aliphatic rings. The van der Waals surface area contributed by atoms with Crippen molar-refractivity contribution < 1.29 is 28.5 Å². The van der Waals surface area contributed by atoms with Gasteiger partial charge in [-0.25, -0.2) is 0 Å². The third-order valence-corrected chi connectivity index (χ3v) is 5.62. The van der Waals surface area contributed by atoms with Gasteiger partial charge >= 0.3 is 0 Å². The number of nitrogens with zero attached hydrogens (tertiary/aromatic N) is 1. The monoisotopic (exact) mass is 409 g/mol. The Labute approximate surface area is 151 Å². The van der Waals surface area contributed by atoms with E-state index in [-0.39, 0.29) is 24.0 Å². The molecule has 1 nitrogen and oxygen atoms in total. The molecule has 0 N–H and O–H groups in total. The van der Waals surface area contributed by atoms with Crippen LogP contribution in [0, 0.1) is 10.8 Å². The average Bonchev–Trinajstić information content (AvgIpc) is 2.27. The van der Waals surface area contributed by atoms with Gasteiger partial charge in [0.2, 0.25) is 0 Å². The lowest BCUT2D eigenvalue weighted by molar-refractivity contribution is -0.897. The highest BCUT2D eigenvalue weighted by atomic mass is 127. The number of halogens is 1. The first-order chi connectivity index (χ1) is 9.02. The zero-order valence-electron chi connectivity index (χ0n) is 15.8. The van der Waals surface area contributed by atoms with Gasteiger partial charge in [-0.1, -0.05) is 40.5 Å². The first kappa shape index (κ1) is 21.7. The van der Waals surface area contributed by atoms with Crippen LogP contribution in [0.2, 0.25) is 0 Å². The molecule has 0 heterocycles. The van der Waals surface area contributed by atoms with Gasteiger partial charge in [0.05, 0.1) is 27.2 Å². The van der Waals surface area contributed by atoms with Gasteiger partial charge in [0.15, 0.2) is 0 Å². The van der Waals surface area contributed by atoms with Gasteiger partial charge in [0.25, 0.3) is 0 Å². The molecule has 2 heteroatoms. The standard InChI is InChI=1S/C19H40N.HI/c1-18(2)13-10-8-9-11-17(20(5,6)7)12-14-19(3,4)16-15-18;/h17H,8-16H2,1-7H3;1H/q+1;/p-1. The van der Waals surface area contributed by atoms with Crippen LogP contribution in [-0.2, 0) is 0 Å². The Bertz CT molecular complexity index is 288. The highest BCUT2D eigenvalue weighted by Gasteiger charge is 2.29. The first-order valence-electron chi connectivity index (χ1n) is 8.83. The fourth-order valence-electron chi connectivity index (χ4n) is 3.56. The Hall–Kier alpha value is 0.690. The Morgan fingerprint density at radius 3 is 1.71 bits per heavy atom. The van der Waals surface area contributed by atoms with Crippen molar-refractivity contribution in [3.8, 4) is 0 Å². The Morgan fingerprint density at radius 2 is 1.19 bits per heavy atom. The summed E-state index contributed by atoms with van der Waals surface area (Å²) in [5, 5.41) is 0. The lowest BCUT2D eigenvalue weighted by Crippen LogP contribution is -3.00. The molecule has 1 saturated carbocycles. The lowest BCUT2D eigenvalue weighted by Gasteiger charge is -2.38. The maximum absolute atomic E-state index is 2.49. The van der Waals surface area contributed by atoms with Crippen LogP contribution in [0.4, 0.5) is 0 Å². The number of rotatable bonds is 1. The van der Waals surface area contributed by atoms with Gasteiger partial charge in [-0.05, 0) is 55.8 Å². The molecule has 0 aromatic rings. The minimum absolute atomic E-state index is 0. The summed E-state index contributed by atoms with van der Waals surface area (Å²) in [6, 6.07) is 0.849. The maximum Gasteiger partial charge on any atom is 0.0884 e. The number of quaternary nitrogens is 1. The van der Waals surface area contributed by atoms with E-state index < -0.39 is 0 Å². The van der Waals surface area contributed by atoms with Crippen LogP contribution in [0.15, 0.2) is 0 Å². The van der Waals surface area contributed by atoms with E-state index in [1.165, 1.54) is 57.8 Å². The van der Waals surface area contributed by atoms with Gasteiger partial charge < -0.3 is 28.5 Å². The molecule has 0 spiro atoms. The summed E-state index contributed by atoms with van der Waals surface area (Å²) in [7, 11) is 7.14. The molecule has 0 aliphatic heterocycles. The van der Waals surface area contributed by atoms with E-state index in [1.807, 2.05) is 0 Å². The van der Waals surface area contributed by atoms with Crippen LogP contribution in [0.5, 0.6) is 0 Å². The molecule has 21 heavy (non-hydrogen) atoms. The predicted octanol–water partition coefficient (Wildman–Crippen LogP) is 2.64. The van der Waals surface area contributed by atoms with Crippen LogP contribution in [0.3, 0.4) is 0 Å². The Morgan fingerprint density at radius 1 is 0.667 bits per heavy atom. The Balaban J connectivity index is 0.00000400. The second-order valence-corrected chi connectivity index (χ2v) is 9.74. The molecule has 128 valence electrons. The molecule has 0 saturated heterocycles. The van der Waals surface area contributed by atoms with Crippen LogP contribution >= 0.6 is 0 Å². The minimum atomic E-state index is 0. The van der Waals surface area contributed by atoms with Gasteiger partial charge in [-0.15, -0.1) is 0 Å². The lowest BCUT2D eigenvalue weighted by atomic mass is 9.73. The highest BCUT2D eigenvalue weighted by Crippen LogP contribution is 2.38. The van der Waals surface area contributed by atoms with E-state index in [4.69, 9.17) is 0 Å². The normalized spacial score (nSPS) is 27.9. The second-order valence-electron chi connectivity index (χ2n) is 9.74. The van der Waals surface area contributed by atoms with E-state index >= 15 is 0 Å². The smallest absolute Gasteiger partial charge is 0.0884 e.